The normalized spacial score (nSPS) is 16.7. The zero-order valence-electron chi connectivity index (χ0n) is 14.6. The van der Waals surface area contributed by atoms with Gasteiger partial charge in [0.15, 0.2) is 5.69 Å². The molecule has 1 aromatic heterocycles. The minimum Gasteiger partial charge on any atom is -0.337 e. The molecule has 0 aliphatic carbocycles. The Bertz CT molecular complexity index is 974. The standard InChI is InChI=1S/C20H18ClFN4O/c21-17-6-3-5-14(10-17)15-8-9-25(11-15)20(27)19-13-26(24-23-19)12-16-4-1-2-7-18(16)22/h1-7,10,13,15H,8-9,11-12H2. The number of likely N-dealkylation sites (tertiary alicyclic amines) is 1. The molecule has 0 radical (unpaired) electrons. The summed E-state index contributed by atoms with van der Waals surface area (Å²) in [6.07, 6.45) is 2.46. The van der Waals surface area contributed by atoms with E-state index >= 15 is 0 Å². The van der Waals surface area contributed by atoms with Crippen LogP contribution in [0.3, 0.4) is 0 Å². The predicted octanol–water partition coefficient (Wildman–Crippen LogP) is 3.75. The third-order valence-electron chi connectivity index (χ3n) is 4.84. The number of carbonyl (C=O) groups is 1. The van der Waals surface area contributed by atoms with E-state index < -0.39 is 0 Å². The number of aromatic nitrogens is 3. The molecule has 1 saturated heterocycles. The number of amides is 1. The summed E-state index contributed by atoms with van der Waals surface area (Å²) in [5.41, 5.74) is 1.92. The highest BCUT2D eigenvalue weighted by Gasteiger charge is 2.29. The molecular formula is C20H18ClFN4O. The van der Waals surface area contributed by atoms with E-state index in [1.165, 1.54) is 10.7 Å². The Morgan fingerprint density at radius 3 is 2.89 bits per heavy atom. The highest BCUT2D eigenvalue weighted by atomic mass is 35.5. The van der Waals surface area contributed by atoms with Crippen LogP contribution in [0, 0.1) is 5.82 Å². The minimum atomic E-state index is -0.301. The molecule has 1 amide bonds. The monoisotopic (exact) mass is 384 g/mol. The first-order valence-corrected chi connectivity index (χ1v) is 9.16. The molecule has 7 heteroatoms. The highest BCUT2D eigenvalue weighted by Crippen LogP contribution is 2.29. The van der Waals surface area contributed by atoms with Crippen molar-refractivity contribution in [3.05, 3.63) is 82.4 Å². The van der Waals surface area contributed by atoms with E-state index in [-0.39, 0.29) is 29.9 Å². The molecule has 1 fully saturated rings. The zero-order chi connectivity index (χ0) is 18.8. The lowest BCUT2D eigenvalue weighted by Crippen LogP contribution is -2.28. The molecule has 5 nitrogen and oxygen atoms in total. The van der Waals surface area contributed by atoms with Crippen molar-refractivity contribution in [1.29, 1.82) is 0 Å². The topological polar surface area (TPSA) is 51.0 Å². The third kappa shape index (κ3) is 3.85. The molecule has 138 valence electrons. The molecule has 0 spiro atoms. The van der Waals surface area contributed by atoms with Crippen LogP contribution in [0.2, 0.25) is 5.02 Å². The van der Waals surface area contributed by atoms with Gasteiger partial charge in [-0.3, -0.25) is 4.79 Å². The molecular weight excluding hydrogens is 367 g/mol. The first-order chi connectivity index (χ1) is 13.1. The SMILES string of the molecule is O=C(c1cn(Cc2ccccc2F)nn1)N1CCC(c2cccc(Cl)c2)C1. The van der Waals surface area contributed by atoms with E-state index in [1.54, 1.807) is 29.3 Å². The molecule has 4 rings (SSSR count). The molecule has 27 heavy (non-hydrogen) atoms. The molecule has 1 aliphatic heterocycles. The molecule has 1 aliphatic rings. The van der Waals surface area contributed by atoms with Gasteiger partial charge in [-0.1, -0.05) is 47.1 Å². The van der Waals surface area contributed by atoms with Crippen LogP contribution in [0.5, 0.6) is 0 Å². The van der Waals surface area contributed by atoms with Crippen molar-refractivity contribution in [1.82, 2.24) is 19.9 Å². The van der Waals surface area contributed by atoms with Crippen LogP contribution < -0.4 is 0 Å². The van der Waals surface area contributed by atoms with Gasteiger partial charge in [-0.15, -0.1) is 5.10 Å². The number of hydrogen-bond donors (Lipinski definition) is 0. The summed E-state index contributed by atoms with van der Waals surface area (Å²) in [6.45, 7) is 1.52. The number of hydrogen-bond acceptors (Lipinski definition) is 3. The Labute approximate surface area is 161 Å². The Balaban J connectivity index is 1.43. The summed E-state index contributed by atoms with van der Waals surface area (Å²) in [7, 11) is 0. The van der Waals surface area contributed by atoms with Crippen molar-refractivity contribution in [3.8, 4) is 0 Å². The van der Waals surface area contributed by atoms with Gasteiger partial charge in [-0.05, 0) is 30.2 Å². The van der Waals surface area contributed by atoms with Crippen molar-refractivity contribution in [2.45, 2.75) is 18.9 Å². The van der Waals surface area contributed by atoms with E-state index in [0.29, 0.717) is 23.7 Å². The van der Waals surface area contributed by atoms with E-state index in [1.807, 2.05) is 24.3 Å². The molecule has 0 bridgehead atoms. The lowest BCUT2D eigenvalue weighted by Gasteiger charge is -2.15. The second-order valence-corrected chi connectivity index (χ2v) is 7.12. The van der Waals surface area contributed by atoms with Crippen LogP contribution in [0.4, 0.5) is 4.39 Å². The van der Waals surface area contributed by atoms with Gasteiger partial charge in [-0.25, -0.2) is 9.07 Å². The van der Waals surface area contributed by atoms with Crippen LogP contribution in [0.25, 0.3) is 0 Å². The second kappa shape index (κ2) is 7.48. The minimum absolute atomic E-state index is 0.153. The molecule has 0 saturated carbocycles. The summed E-state index contributed by atoms with van der Waals surface area (Å²) < 4.78 is 15.3. The van der Waals surface area contributed by atoms with Gasteiger partial charge >= 0.3 is 0 Å². The molecule has 3 aromatic rings. The molecule has 2 aromatic carbocycles. The van der Waals surface area contributed by atoms with E-state index in [9.17, 15) is 9.18 Å². The van der Waals surface area contributed by atoms with Crippen LogP contribution >= 0.6 is 11.6 Å². The molecule has 0 N–H and O–H groups in total. The number of carbonyl (C=O) groups excluding carboxylic acids is 1. The smallest absolute Gasteiger partial charge is 0.276 e. The summed E-state index contributed by atoms with van der Waals surface area (Å²) in [6, 6.07) is 14.3. The summed E-state index contributed by atoms with van der Waals surface area (Å²) in [5.74, 6) is -0.190. The lowest BCUT2D eigenvalue weighted by atomic mass is 9.99. The maximum absolute atomic E-state index is 13.8. The number of rotatable bonds is 4. The predicted molar refractivity (Wildman–Crippen MR) is 100 cm³/mol. The fraction of sp³-hybridized carbons (Fsp3) is 0.250. The maximum atomic E-state index is 13.8. The average Bonchev–Trinajstić information content (AvgIpc) is 3.33. The van der Waals surface area contributed by atoms with Crippen LogP contribution in [0.1, 0.15) is 34.0 Å². The Morgan fingerprint density at radius 1 is 1.22 bits per heavy atom. The van der Waals surface area contributed by atoms with Crippen molar-refractivity contribution in [2.24, 2.45) is 0 Å². The number of nitrogens with zero attached hydrogens (tertiary/aromatic N) is 4. The highest BCUT2D eigenvalue weighted by molar-refractivity contribution is 6.30. The van der Waals surface area contributed by atoms with Crippen LogP contribution in [-0.2, 0) is 6.54 Å². The van der Waals surface area contributed by atoms with E-state index in [2.05, 4.69) is 10.3 Å². The Hall–Kier alpha value is -2.73. The summed E-state index contributed by atoms with van der Waals surface area (Å²) in [5, 5.41) is 8.65. The fourth-order valence-electron chi connectivity index (χ4n) is 3.41. The molecule has 1 atom stereocenters. The first kappa shape index (κ1) is 17.7. The first-order valence-electron chi connectivity index (χ1n) is 8.78. The summed E-state index contributed by atoms with van der Waals surface area (Å²) >= 11 is 6.07. The van der Waals surface area contributed by atoms with Gasteiger partial charge in [0.2, 0.25) is 0 Å². The quantitative estimate of drug-likeness (QED) is 0.688. The average molecular weight is 385 g/mol. The van der Waals surface area contributed by atoms with Gasteiger partial charge < -0.3 is 4.90 Å². The van der Waals surface area contributed by atoms with E-state index in [0.717, 1.165) is 12.0 Å². The van der Waals surface area contributed by atoms with Gasteiger partial charge in [0.05, 0.1) is 12.7 Å². The fourth-order valence-corrected chi connectivity index (χ4v) is 3.61. The zero-order valence-corrected chi connectivity index (χ0v) is 15.3. The van der Waals surface area contributed by atoms with Gasteiger partial charge in [0, 0.05) is 29.6 Å². The second-order valence-electron chi connectivity index (χ2n) is 6.68. The van der Waals surface area contributed by atoms with Crippen LogP contribution in [0.15, 0.2) is 54.7 Å². The Kier molecular flexibility index (Phi) is 4.90. The van der Waals surface area contributed by atoms with Crippen molar-refractivity contribution < 1.29 is 9.18 Å². The number of benzene rings is 2. The molecule has 1 unspecified atom stereocenters. The maximum Gasteiger partial charge on any atom is 0.276 e. The number of halogens is 2. The largest absolute Gasteiger partial charge is 0.337 e. The van der Waals surface area contributed by atoms with Gasteiger partial charge in [0.1, 0.15) is 5.82 Å². The van der Waals surface area contributed by atoms with Gasteiger partial charge in [0.25, 0.3) is 5.91 Å². The molecule has 2 heterocycles. The van der Waals surface area contributed by atoms with E-state index in [4.69, 9.17) is 11.6 Å². The van der Waals surface area contributed by atoms with Crippen LogP contribution in [-0.4, -0.2) is 38.9 Å². The third-order valence-corrected chi connectivity index (χ3v) is 5.08. The summed E-state index contributed by atoms with van der Waals surface area (Å²) in [4.78, 5) is 14.5. The van der Waals surface area contributed by atoms with Crippen molar-refractivity contribution in [3.63, 3.8) is 0 Å². The van der Waals surface area contributed by atoms with Crippen molar-refractivity contribution in [2.75, 3.05) is 13.1 Å². The van der Waals surface area contributed by atoms with Gasteiger partial charge in [-0.2, -0.15) is 0 Å². The lowest BCUT2D eigenvalue weighted by molar-refractivity contribution is 0.0785. The Morgan fingerprint density at radius 2 is 2.07 bits per heavy atom. The van der Waals surface area contributed by atoms with Crippen molar-refractivity contribution >= 4 is 17.5 Å².